The first kappa shape index (κ1) is 34.8. The molecule has 4 rings (SSSR count). The maximum absolute atomic E-state index is 14.6. The van der Waals surface area contributed by atoms with E-state index in [-0.39, 0.29) is 46.3 Å². The van der Waals surface area contributed by atoms with Gasteiger partial charge in [-0.15, -0.1) is 0 Å². The molecule has 4 aromatic carbocycles. The van der Waals surface area contributed by atoms with E-state index in [1.165, 1.54) is 24.1 Å². The lowest BCUT2D eigenvalue weighted by Gasteiger charge is -2.34. The van der Waals surface area contributed by atoms with Gasteiger partial charge in [0, 0.05) is 19.0 Å². The summed E-state index contributed by atoms with van der Waals surface area (Å²) in [5, 5.41) is 3.65. The normalized spacial score (nSPS) is 12.5. The molecule has 0 saturated carbocycles. The Morgan fingerprint density at radius 2 is 1.48 bits per heavy atom. The molecule has 0 aliphatic heterocycles. The van der Waals surface area contributed by atoms with E-state index in [9.17, 15) is 18.0 Å². The van der Waals surface area contributed by atoms with Crippen LogP contribution in [0.5, 0.6) is 5.75 Å². The number of rotatable bonds is 14. The first-order chi connectivity index (χ1) is 22.0. The van der Waals surface area contributed by atoms with Crippen molar-refractivity contribution >= 4 is 50.7 Å². The number of carbonyl (C=O) groups is 2. The maximum atomic E-state index is 14.6. The van der Waals surface area contributed by atoms with Crippen LogP contribution in [0.3, 0.4) is 0 Å². The zero-order valence-corrected chi connectivity index (χ0v) is 28.2. The van der Waals surface area contributed by atoms with Crippen LogP contribution in [0.15, 0.2) is 108 Å². The van der Waals surface area contributed by atoms with Crippen molar-refractivity contribution in [2.24, 2.45) is 0 Å². The summed E-state index contributed by atoms with van der Waals surface area (Å²) in [6.07, 6.45) is 0.873. The molecule has 0 aromatic heterocycles. The summed E-state index contributed by atoms with van der Waals surface area (Å²) >= 11 is 12.5. The summed E-state index contributed by atoms with van der Waals surface area (Å²) in [5.74, 6) is -0.695. The molecule has 2 atom stereocenters. The zero-order valence-electron chi connectivity index (χ0n) is 25.9. The van der Waals surface area contributed by atoms with Crippen molar-refractivity contribution in [2.45, 2.75) is 50.2 Å². The smallest absolute Gasteiger partial charge is 0.264 e. The molecule has 0 bridgehead atoms. The molecule has 0 aliphatic carbocycles. The van der Waals surface area contributed by atoms with Gasteiger partial charge in [0.15, 0.2) is 0 Å². The van der Waals surface area contributed by atoms with Crippen molar-refractivity contribution in [3.05, 3.63) is 124 Å². The van der Waals surface area contributed by atoms with Crippen molar-refractivity contribution in [3.63, 3.8) is 0 Å². The lowest BCUT2D eigenvalue weighted by Crippen LogP contribution is -2.54. The Labute approximate surface area is 280 Å². The molecule has 242 valence electrons. The number of anilines is 1. The number of hydrogen-bond donors (Lipinski definition) is 1. The first-order valence-corrected chi connectivity index (χ1v) is 17.0. The van der Waals surface area contributed by atoms with Gasteiger partial charge in [0.1, 0.15) is 18.3 Å². The number of benzene rings is 4. The lowest BCUT2D eigenvalue weighted by atomic mass is 10.0. The minimum absolute atomic E-state index is 0.0000818. The Kier molecular flexibility index (Phi) is 12.1. The molecule has 0 saturated heterocycles. The van der Waals surface area contributed by atoms with Gasteiger partial charge >= 0.3 is 0 Å². The lowest BCUT2D eigenvalue weighted by molar-refractivity contribution is -0.140. The first-order valence-electron chi connectivity index (χ1n) is 14.8. The summed E-state index contributed by atoms with van der Waals surface area (Å²) in [7, 11) is -2.83. The Morgan fingerprint density at radius 3 is 2.11 bits per heavy atom. The van der Waals surface area contributed by atoms with E-state index in [1.54, 1.807) is 60.7 Å². The van der Waals surface area contributed by atoms with Crippen molar-refractivity contribution < 1.29 is 22.7 Å². The predicted octanol–water partition coefficient (Wildman–Crippen LogP) is 6.75. The number of amides is 2. The quantitative estimate of drug-likeness (QED) is 0.159. The predicted molar refractivity (Wildman–Crippen MR) is 183 cm³/mol. The third kappa shape index (κ3) is 8.60. The molecule has 46 heavy (non-hydrogen) atoms. The summed E-state index contributed by atoms with van der Waals surface area (Å²) in [6, 6.07) is 27.6. The van der Waals surface area contributed by atoms with Crippen LogP contribution in [0, 0.1) is 0 Å². The van der Waals surface area contributed by atoms with Gasteiger partial charge in [-0.1, -0.05) is 96.9 Å². The fraction of sp³-hybridized carbons (Fsp3) is 0.257. The monoisotopic (exact) mass is 681 g/mol. The van der Waals surface area contributed by atoms with Crippen LogP contribution in [0.2, 0.25) is 10.0 Å². The molecule has 11 heteroatoms. The Bertz CT molecular complexity index is 1740. The molecule has 0 aliphatic rings. The van der Waals surface area contributed by atoms with Gasteiger partial charge in [-0.05, 0) is 60.9 Å². The molecule has 0 fully saturated rings. The van der Waals surface area contributed by atoms with E-state index < -0.39 is 28.5 Å². The van der Waals surface area contributed by atoms with E-state index in [2.05, 4.69) is 5.32 Å². The molecule has 4 aromatic rings. The van der Waals surface area contributed by atoms with Crippen LogP contribution >= 0.6 is 23.2 Å². The highest BCUT2D eigenvalue weighted by Crippen LogP contribution is 2.33. The number of nitrogens with zero attached hydrogens (tertiary/aromatic N) is 2. The summed E-state index contributed by atoms with van der Waals surface area (Å²) < 4.78 is 34.9. The molecule has 0 radical (unpaired) electrons. The highest BCUT2D eigenvalue weighted by molar-refractivity contribution is 7.92. The van der Waals surface area contributed by atoms with Crippen molar-refractivity contribution in [1.29, 1.82) is 0 Å². The topological polar surface area (TPSA) is 96.0 Å². The van der Waals surface area contributed by atoms with Gasteiger partial charge < -0.3 is 15.0 Å². The van der Waals surface area contributed by atoms with Gasteiger partial charge in [0.05, 0.1) is 27.7 Å². The van der Waals surface area contributed by atoms with Crippen LogP contribution in [0.1, 0.15) is 31.4 Å². The van der Waals surface area contributed by atoms with Crippen LogP contribution in [0.4, 0.5) is 5.69 Å². The Morgan fingerprint density at radius 1 is 0.848 bits per heavy atom. The molecule has 0 heterocycles. The molecule has 1 N–H and O–H groups in total. The standard InChI is InChI=1S/C35H37Cl2N3O5S/c1-4-25(2)38-35(42)32(22-26-13-7-5-8-14-26)39(23-27-19-20-29(36)30(37)21-27)34(41)24-40(31-17-11-12-18-33(31)45-3)46(43,44)28-15-9-6-10-16-28/h5-21,25,32H,4,22-24H2,1-3H3,(H,38,42). The number of carbonyl (C=O) groups excluding carboxylic acids is 2. The fourth-order valence-electron chi connectivity index (χ4n) is 4.90. The number of sulfonamides is 1. The Balaban J connectivity index is 1.84. The van der Waals surface area contributed by atoms with Gasteiger partial charge in [0.25, 0.3) is 10.0 Å². The van der Waals surface area contributed by atoms with Crippen LogP contribution in [0.25, 0.3) is 0 Å². The second-order valence-corrected chi connectivity index (χ2v) is 13.5. The zero-order chi connectivity index (χ0) is 33.3. The third-order valence-corrected chi connectivity index (χ3v) is 10.1. The minimum atomic E-state index is -4.26. The van der Waals surface area contributed by atoms with Crippen molar-refractivity contribution in [2.75, 3.05) is 18.0 Å². The third-order valence-electron chi connectivity index (χ3n) is 7.57. The number of methoxy groups -OCH3 is 1. The van der Waals surface area contributed by atoms with E-state index in [4.69, 9.17) is 27.9 Å². The summed E-state index contributed by atoms with van der Waals surface area (Å²) in [6.45, 7) is 3.20. The minimum Gasteiger partial charge on any atom is -0.495 e. The maximum Gasteiger partial charge on any atom is 0.264 e. The Hall–Kier alpha value is -4.05. The fourth-order valence-corrected chi connectivity index (χ4v) is 6.66. The van der Waals surface area contributed by atoms with Crippen LogP contribution < -0.4 is 14.4 Å². The van der Waals surface area contributed by atoms with E-state index in [0.29, 0.717) is 17.0 Å². The molecular formula is C35H37Cl2N3O5S. The second-order valence-electron chi connectivity index (χ2n) is 10.8. The number of nitrogens with one attached hydrogen (secondary N) is 1. The highest BCUT2D eigenvalue weighted by atomic mass is 35.5. The number of hydrogen-bond acceptors (Lipinski definition) is 5. The number of para-hydroxylation sites is 2. The van der Waals surface area contributed by atoms with Gasteiger partial charge in [-0.2, -0.15) is 0 Å². The molecule has 2 amide bonds. The van der Waals surface area contributed by atoms with Crippen LogP contribution in [-0.2, 0) is 32.6 Å². The van der Waals surface area contributed by atoms with Gasteiger partial charge in [-0.25, -0.2) is 8.42 Å². The van der Waals surface area contributed by atoms with Crippen LogP contribution in [-0.4, -0.2) is 50.9 Å². The average Bonchev–Trinajstić information content (AvgIpc) is 3.07. The summed E-state index contributed by atoms with van der Waals surface area (Å²) in [4.78, 5) is 29.9. The molecule has 2 unspecified atom stereocenters. The SMILES string of the molecule is CCC(C)NC(=O)C(Cc1ccccc1)N(Cc1ccc(Cl)c(Cl)c1)C(=O)CN(c1ccccc1OC)S(=O)(=O)c1ccccc1. The van der Waals surface area contributed by atoms with Crippen molar-refractivity contribution in [1.82, 2.24) is 10.2 Å². The van der Waals surface area contributed by atoms with Gasteiger partial charge in [0.2, 0.25) is 11.8 Å². The van der Waals surface area contributed by atoms with E-state index in [1.807, 2.05) is 44.2 Å². The highest BCUT2D eigenvalue weighted by Gasteiger charge is 2.35. The van der Waals surface area contributed by atoms with E-state index >= 15 is 0 Å². The van der Waals surface area contributed by atoms with E-state index in [0.717, 1.165) is 9.87 Å². The number of halogens is 2. The molecule has 0 spiro atoms. The largest absolute Gasteiger partial charge is 0.495 e. The van der Waals surface area contributed by atoms with Crippen molar-refractivity contribution in [3.8, 4) is 5.75 Å². The molecular weight excluding hydrogens is 645 g/mol. The molecule has 8 nitrogen and oxygen atoms in total. The average molecular weight is 683 g/mol. The second kappa shape index (κ2) is 16.0. The van der Waals surface area contributed by atoms with Gasteiger partial charge in [-0.3, -0.25) is 13.9 Å². The number of ether oxygens (including phenoxy) is 1. The summed E-state index contributed by atoms with van der Waals surface area (Å²) in [5.41, 5.74) is 1.63.